The quantitative estimate of drug-likeness (QED) is 0.457. The number of hydrogen-bond acceptors (Lipinski definition) is 4. The number of amides is 1. The Morgan fingerprint density at radius 3 is 2.81 bits per heavy atom. The molecule has 2 aliphatic heterocycles. The van der Waals surface area contributed by atoms with Crippen LogP contribution in [-0.4, -0.2) is 46.3 Å². The first kappa shape index (κ1) is 20.1. The van der Waals surface area contributed by atoms with Crippen molar-refractivity contribution in [3.63, 3.8) is 0 Å². The molecule has 0 aliphatic carbocycles. The molecule has 144 valence electrons. The number of anilines is 1. The summed E-state index contributed by atoms with van der Waals surface area (Å²) in [7, 11) is -1.52. The molecular formula is C17H22FIN2O3S2. The molecule has 0 bridgehead atoms. The van der Waals surface area contributed by atoms with Crippen LogP contribution in [0.3, 0.4) is 0 Å². The van der Waals surface area contributed by atoms with Crippen LogP contribution in [0.2, 0.25) is 0 Å². The number of carbonyl (C=O) groups excluding carboxylic acids is 1. The highest BCUT2D eigenvalue weighted by molar-refractivity contribution is 14.2. The lowest BCUT2D eigenvalue weighted by molar-refractivity contribution is 0.143. The number of cyclic esters (lactones) is 1. The van der Waals surface area contributed by atoms with Crippen molar-refractivity contribution in [2.45, 2.75) is 31.8 Å². The van der Waals surface area contributed by atoms with Gasteiger partial charge < -0.3 is 14.6 Å². The van der Waals surface area contributed by atoms with E-state index < -0.39 is 13.6 Å². The monoisotopic (exact) mass is 512 g/mol. The van der Waals surface area contributed by atoms with E-state index in [-0.39, 0.29) is 17.8 Å². The fourth-order valence-electron chi connectivity index (χ4n) is 3.31. The molecule has 1 aromatic rings. The molecule has 1 atom stereocenters. The van der Waals surface area contributed by atoms with Gasteiger partial charge in [-0.2, -0.15) is 0 Å². The van der Waals surface area contributed by atoms with E-state index in [1.165, 1.54) is 11.0 Å². The van der Waals surface area contributed by atoms with E-state index in [2.05, 4.69) is 26.5 Å². The van der Waals surface area contributed by atoms with Crippen LogP contribution in [0.1, 0.15) is 31.2 Å². The molecule has 2 heterocycles. The predicted octanol–water partition coefficient (Wildman–Crippen LogP) is 4.59. The second-order valence-corrected chi connectivity index (χ2v) is 14.5. The van der Waals surface area contributed by atoms with Crippen LogP contribution in [0.15, 0.2) is 18.2 Å². The zero-order valence-corrected chi connectivity index (χ0v) is 18.2. The van der Waals surface area contributed by atoms with Crippen LogP contribution in [0.4, 0.5) is 14.9 Å². The van der Waals surface area contributed by atoms with Crippen molar-refractivity contribution in [1.29, 1.82) is 0 Å². The molecule has 9 heteroatoms. The van der Waals surface area contributed by atoms with Crippen LogP contribution < -0.4 is 10.2 Å². The fraction of sp³-hybridized carbons (Fsp3) is 0.529. The van der Waals surface area contributed by atoms with Crippen LogP contribution >= 0.6 is 40.9 Å². The number of hydrogen-bond donors (Lipinski definition) is 2. The number of nitrogens with one attached hydrogen (secondary N) is 1. The highest BCUT2D eigenvalue weighted by Gasteiger charge is 2.33. The van der Waals surface area contributed by atoms with Crippen molar-refractivity contribution in [3.8, 4) is 0 Å². The van der Waals surface area contributed by atoms with E-state index in [0.29, 0.717) is 29.3 Å². The van der Waals surface area contributed by atoms with Gasteiger partial charge in [0.15, 0.2) is 0 Å². The van der Waals surface area contributed by atoms with Crippen molar-refractivity contribution < 1.29 is 18.5 Å². The Balaban J connectivity index is 1.68. The van der Waals surface area contributed by atoms with Gasteiger partial charge in [0, 0.05) is 32.7 Å². The molecule has 0 saturated carbocycles. The first-order valence-electron chi connectivity index (χ1n) is 8.48. The summed E-state index contributed by atoms with van der Waals surface area (Å²) in [6.45, 7) is 2.58. The number of carbonyl (C=O) groups is 1. The normalized spacial score (nSPS) is 31.2. The largest absolute Gasteiger partial charge is 0.442 e. The highest BCUT2D eigenvalue weighted by atomic mass is 127. The van der Waals surface area contributed by atoms with Gasteiger partial charge in [-0.25, -0.2) is 9.18 Å². The second kappa shape index (κ2) is 8.15. The Morgan fingerprint density at radius 1 is 1.50 bits per heavy atom. The summed E-state index contributed by atoms with van der Waals surface area (Å²) in [5.41, 5.74) is 1.17. The van der Waals surface area contributed by atoms with Gasteiger partial charge >= 0.3 is 6.09 Å². The van der Waals surface area contributed by atoms with Crippen LogP contribution in [0.5, 0.6) is 0 Å². The van der Waals surface area contributed by atoms with Gasteiger partial charge in [-0.1, -0.05) is 25.8 Å². The number of rotatable bonds is 4. The van der Waals surface area contributed by atoms with E-state index in [1.807, 2.05) is 0 Å². The van der Waals surface area contributed by atoms with Gasteiger partial charge in [0.1, 0.15) is 11.9 Å². The molecule has 0 radical (unpaired) electrons. The molecule has 26 heavy (non-hydrogen) atoms. The summed E-state index contributed by atoms with van der Waals surface area (Å²) in [4.78, 5) is 14.2. The third kappa shape index (κ3) is 4.79. The maximum atomic E-state index is 14.7. The SMILES string of the molecule is CC(=S)NC[C@H]1CN(c2ccc(C3CCS(O)(I)CC3)c(F)c2)C(=O)O1. The Labute approximate surface area is 171 Å². The van der Waals surface area contributed by atoms with Crippen LogP contribution in [0.25, 0.3) is 0 Å². The third-order valence-electron chi connectivity index (χ3n) is 4.75. The van der Waals surface area contributed by atoms with Crippen molar-refractivity contribution in [2.75, 3.05) is 29.5 Å². The summed E-state index contributed by atoms with van der Waals surface area (Å²) >= 11 is 7.11. The van der Waals surface area contributed by atoms with Gasteiger partial charge in [-0.05, 0) is 43.4 Å². The first-order chi connectivity index (χ1) is 12.2. The molecule has 0 aromatic heterocycles. The average molecular weight is 512 g/mol. The molecule has 2 N–H and O–H groups in total. The highest BCUT2D eigenvalue weighted by Crippen LogP contribution is 2.58. The van der Waals surface area contributed by atoms with Gasteiger partial charge in [0.2, 0.25) is 0 Å². The third-order valence-corrected chi connectivity index (χ3v) is 9.26. The number of ether oxygens (including phenoxy) is 1. The minimum atomic E-state index is -1.52. The van der Waals surface area contributed by atoms with Gasteiger partial charge in [0.05, 0.1) is 23.8 Å². The standard InChI is InChI=1S/C17H22FIN2O3S2/c1-11(25)20-9-14-10-21(17(22)24-14)13-2-3-15(16(18)8-13)12-4-6-26(19,23)7-5-12/h2-3,8,12,14,23H,4-7,9-10H2,1H3,(H,20,25)/t14-/m0/s1. The summed E-state index contributed by atoms with van der Waals surface area (Å²) in [6, 6.07) is 4.95. The lowest BCUT2D eigenvalue weighted by Crippen LogP contribution is -2.32. The summed E-state index contributed by atoms with van der Waals surface area (Å²) in [6.07, 6.45) is 0.802. The molecule has 1 amide bonds. The van der Waals surface area contributed by atoms with E-state index in [4.69, 9.17) is 17.0 Å². The fourth-order valence-corrected chi connectivity index (χ4v) is 6.42. The number of thiocarbonyl (C=S) groups is 1. The summed E-state index contributed by atoms with van der Waals surface area (Å²) in [5.74, 6) is 1.31. The predicted molar refractivity (Wildman–Crippen MR) is 116 cm³/mol. The lowest BCUT2D eigenvalue weighted by atomic mass is 9.93. The second-order valence-electron chi connectivity index (χ2n) is 6.69. The molecular weight excluding hydrogens is 490 g/mol. The van der Waals surface area contributed by atoms with E-state index in [1.54, 1.807) is 19.1 Å². The van der Waals surface area contributed by atoms with Gasteiger partial charge in [-0.3, -0.25) is 4.90 Å². The molecule has 2 saturated heterocycles. The van der Waals surface area contributed by atoms with Crippen LogP contribution in [-0.2, 0) is 4.74 Å². The zero-order valence-electron chi connectivity index (χ0n) is 14.4. The van der Waals surface area contributed by atoms with Gasteiger partial charge in [0.25, 0.3) is 0 Å². The van der Waals surface area contributed by atoms with Crippen LogP contribution in [0, 0.1) is 5.82 Å². The Hall–Kier alpha value is -0.650. The Morgan fingerprint density at radius 2 is 2.19 bits per heavy atom. The molecule has 2 fully saturated rings. The Bertz CT molecular complexity index is 709. The molecule has 2 aliphatic rings. The smallest absolute Gasteiger partial charge is 0.414 e. The average Bonchev–Trinajstić information content (AvgIpc) is 2.94. The summed E-state index contributed by atoms with van der Waals surface area (Å²) in [5, 5.41) is 2.98. The number of halogens is 2. The summed E-state index contributed by atoms with van der Waals surface area (Å²) < 4.78 is 30.1. The Kier molecular flexibility index (Phi) is 6.30. The molecule has 3 rings (SSSR count). The van der Waals surface area contributed by atoms with Crippen molar-refractivity contribution in [1.82, 2.24) is 5.32 Å². The molecule has 0 unspecified atom stereocenters. The van der Waals surface area contributed by atoms with Crippen molar-refractivity contribution >= 4 is 57.7 Å². The van der Waals surface area contributed by atoms with Gasteiger partial charge in [-0.15, -0.1) is 0 Å². The van der Waals surface area contributed by atoms with E-state index in [0.717, 1.165) is 24.3 Å². The zero-order chi connectivity index (χ0) is 18.9. The van der Waals surface area contributed by atoms with E-state index >= 15 is 0 Å². The number of benzene rings is 1. The first-order valence-corrected chi connectivity index (χ1v) is 13.4. The molecule has 0 spiro atoms. The maximum absolute atomic E-state index is 14.7. The van der Waals surface area contributed by atoms with E-state index in [9.17, 15) is 13.7 Å². The minimum Gasteiger partial charge on any atom is -0.442 e. The number of nitrogens with zero attached hydrogens (tertiary/aromatic N) is 1. The lowest BCUT2D eigenvalue weighted by Gasteiger charge is -2.35. The van der Waals surface area contributed by atoms with Crippen molar-refractivity contribution in [3.05, 3.63) is 29.6 Å². The maximum Gasteiger partial charge on any atom is 0.414 e. The van der Waals surface area contributed by atoms with Crippen molar-refractivity contribution in [2.24, 2.45) is 0 Å². The minimum absolute atomic E-state index is 0.125. The molecule has 5 nitrogen and oxygen atoms in total. The molecule has 1 aromatic carbocycles. The topological polar surface area (TPSA) is 61.8 Å².